The highest BCUT2D eigenvalue weighted by Gasteiger charge is 2.19. The van der Waals surface area contributed by atoms with Crippen LogP contribution in [0.5, 0.6) is 0 Å². The molecule has 0 aliphatic heterocycles. The molecule has 422 valence electrons. The van der Waals surface area contributed by atoms with Gasteiger partial charge in [-0.25, -0.2) is 0 Å². The van der Waals surface area contributed by atoms with Gasteiger partial charge in [0.05, 0.1) is 0 Å². The van der Waals surface area contributed by atoms with Crippen molar-refractivity contribution in [2.45, 2.75) is 258 Å². The molecule has 0 spiro atoms. The maximum Gasteiger partial charge on any atom is 0.306 e. The topological polar surface area (TPSA) is 78.9 Å². The van der Waals surface area contributed by atoms with Gasteiger partial charge >= 0.3 is 17.9 Å². The van der Waals surface area contributed by atoms with Crippen LogP contribution in [0.25, 0.3) is 0 Å². The molecule has 0 rings (SSSR count). The van der Waals surface area contributed by atoms with Crippen LogP contribution in [0.4, 0.5) is 0 Å². The number of hydrogen-bond donors (Lipinski definition) is 0. The van der Waals surface area contributed by atoms with Gasteiger partial charge in [0, 0.05) is 19.3 Å². The molecule has 0 aromatic rings. The van der Waals surface area contributed by atoms with E-state index in [-0.39, 0.29) is 37.5 Å². The lowest BCUT2D eigenvalue weighted by atomic mass is 10.1. The molecular formula is C69H110O6. The van der Waals surface area contributed by atoms with Gasteiger partial charge < -0.3 is 14.2 Å². The summed E-state index contributed by atoms with van der Waals surface area (Å²) < 4.78 is 16.8. The van der Waals surface area contributed by atoms with E-state index in [9.17, 15) is 14.4 Å². The molecule has 1 unspecified atom stereocenters. The molecule has 0 saturated heterocycles. The second-order valence-corrected chi connectivity index (χ2v) is 19.5. The Morgan fingerprint density at radius 3 is 0.840 bits per heavy atom. The van der Waals surface area contributed by atoms with Crippen LogP contribution >= 0.6 is 0 Å². The summed E-state index contributed by atoms with van der Waals surface area (Å²) >= 11 is 0. The van der Waals surface area contributed by atoms with Crippen LogP contribution in [0.2, 0.25) is 0 Å². The molecule has 0 amide bonds. The van der Waals surface area contributed by atoms with Gasteiger partial charge in [-0.05, 0) is 122 Å². The highest BCUT2D eigenvalue weighted by atomic mass is 16.6. The monoisotopic (exact) mass is 1030 g/mol. The predicted octanol–water partition coefficient (Wildman–Crippen LogP) is 20.8. The zero-order chi connectivity index (χ0) is 54.3. The van der Waals surface area contributed by atoms with Crippen LogP contribution in [0.1, 0.15) is 252 Å². The Morgan fingerprint density at radius 2 is 0.520 bits per heavy atom. The first kappa shape index (κ1) is 70.3. The van der Waals surface area contributed by atoms with Gasteiger partial charge in [0.15, 0.2) is 6.10 Å². The number of unbranched alkanes of at least 4 members (excludes halogenated alkanes) is 18. The van der Waals surface area contributed by atoms with Crippen molar-refractivity contribution in [1.29, 1.82) is 0 Å². The molecule has 0 saturated carbocycles. The summed E-state index contributed by atoms with van der Waals surface area (Å²) in [7, 11) is 0. The third-order valence-electron chi connectivity index (χ3n) is 12.3. The van der Waals surface area contributed by atoms with Crippen LogP contribution in [0.15, 0.2) is 146 Å². The minimum Gasteiger partial charge on any atom is -0.462 e. The van der Waals surface area contributed by atoms with Gasteiger partial charge in [0.2, 0.25) is 0 Å². The number of hydrogen-bond acceptors (Lipinski definition) is 6. The minimum absolute atomic E-state index is 0.102. The number of carbonyl (C=O) groups excluding carboxylic acids is 3. The zero-order valence-corrected chi connectivity index (χ0v) is 48.3. The van der Waals surface area contributed by atoms with Gasteiger partial charge in [-0.15, -0.1) is 0 Å². The summed E-state index contributed by atoms with van der Waals surface area (Å²) in [5.41, 5.74) is 0. The third kappa shape index (κ3) is 60.0. The number of allylic oxidation sites excluding steroid dienone is 24. The van der Waals surface area contributed by atoms with Crippen LogP contribution in [0.3, 0.4) is 0 Å². The average Bonchev–Trinajstić information content (AvgIpc) is 3.41. The molecule has 6 heteroatoms. The lowest BCUT2D eigenvalue weighted by Gasteiger charge is -2.18. The fraction of sp³-hybridized carbons (Fsp3) is 0.609. The molecule has 6 nitrogen and oxygen atoms in total. The third-order valence-corrected chi connectivity index (χ3v) is 12.3. The highest BCUT2D eigenvalue weighted by Crippen LogP contribution is 2.14. The maximum absolute atomic E-state index is 12.8. The van der Waals surface area contributed by atoms with Crippen LogP contribution in [-0.2, 0) is 28.6 Å². The number of ether oxygens (including phenoxy) is 3. The molecule has 0 aliphatic carbocycles. The van der Waals surface area contributed by atoms with E-state index in [2.05, 4.69) is 167 Å². The van der Waals surface area contributed by atoms with Crippen molar-refractivity contribution in [2.75, 3.05) is 13.2 Å². The van der Waals surface area contributed by atoms with E-state index in [1.54, 1.807) is 0 Å². The first-order chi connectivity index (χ1) is 37.0. The summed E-state index contributed by atoms with van der Waals surface area (Å²) in [6, 6.07) is 0. The fourth-order valence-electron chi connectivity index (χ4n) is 7.86. The maximum atomic E-state index is 12.8. The molecule has 0 aromatic heterocycles. The summed E-state index contributed by atoms with van der Waals surface area (Å²) in [6.45, 7) is 6.34. The van der Waals surface area contributed by atoms with Gasteiger partial charge in [-0.1, -0.05) is 256 Å². The van der Waals surface area contributed by atoms with Gasteiger partial charge in [-0.2, -0.15) is 0 Å². The lowest BCUT2D eigenvalue weighted by Crippen LogP contribution is -2.30. The molecular weight excluding hydrogens is 925 g/mol. The molecule has 0 heterocycles. The van der Waals surface area contributed by atoms with Crippen molar-refractivity contribution in [3.8, 4) is 0 Å². The Labute approximate surface area is 461 Å². The number of carbonyl (C=O) groups is 3. The standard InChI is InChI=1S/C69H110O6/c1-4-7-10-13-16-19-21-23-25-27-29-31-32-33-34-35-36-38-39-41-43-45-47-50-53-56-59-62-68(71)74-65-66(64-73-67(70)61-58-55-52-49-18-15-12-9-6-3)75-69(72)63-60-57-54-51-48-46-44-42-40-37-30-28-26-24-22-20-17-14-11-8-5-2/h7-8,10-11,16-17,19-20,23-26,29-31,33-34,36-38,42,44,48,51,66H,4-6,9,12-15,18,21-22,27-28,32,35,39-41,43,45-47,49-50,52-65H2,1-3H3/b10-7-,11-8-,19-16-,20-17-,25-23-,26-24-,31-29-,34-33-,37-30-,38-36-,44-42-,51-48-. The van der Waals surface area contributed by atoms with Gasteiger partial charge in [-0.3, -0.25) is 14.4 Å². The van der Waals surface area contributed by atoms with Gasteiger partial charge in [0.1, 0.15) is 13.2 Å². The van der Waals surface area contributed by atoms with Crippen LogP contribution < -0.4 is 0 Å². The van der Waals surface area contributed by atoms with Gasteiger partial charge in [0.25, 0.3) is 0 Å². The normalized spacial score (nSPS) is 13.2. The number of rotatable bonds is 53. The quantitative estimate of drug-likeness (QED) is 0.0261. The van der Waals surface area contributed by atoms with Crippen molar-refractivity contribution in [2.24, 2.45) is 0 Å². The summed E-state index contributed by atoms with van der Waals surface area (Å²) in [6.07, 6.45) is 88.5. The van der Waals surface area contributed by atoms with E-state index < -0.39 is 6.10 Å². The van der Waals surface area contributed by atoms with E-state index in [1.807, 2.05) is 0 Å². The Morgan fingerprint density at radius 1 is 0.280 bits per heavy atom. The van der Waals surface area contributed by atoms with Crippen molar-refractivity contribution < 1.29 is 28.6 Å². The van der Waals surface area contributed by atoms with E-state index in [4.69, 9.17) is 14.2 Å². The van der Waals surface area contributed by atoms with Crippen molar-refractivity contribution in [1.82, 2.24) is 0 Å². The Bertz CT molecular complexity index is 1660. The Kier molecular flexibility index (Phi) is 58.0. The molecule has 75 heavy (non-hydrogen) atoms. The fourth-order valence-corrected chi connectivity index (χ4v) is 7.86. The molecule has 0 aromatic carbocycles. The SMILES string of the molecule is CC/C=C\C/C=C\C/C=C\C/C=C\C/C=C\C/C=C\CCCCCCCCCCC(=O)OCC(COC(=O)CCCCCCCCCCC)OC(=O)CCCC/C=C\C/C=C\C/C=C\C/C=C\C/C=C\C/C=C\CC. The molecule has 0 radical (unpaired) electrons. The minimum atomic E-state index is -0.809. The average molecular weight is 1040 g/mol. The zero-order valence-electron chi connectivity index (χ0n) is 48.3. The smallest absolute Gasteiger partial charge is 0.306 e. The first-order valence-electron chi connectivity index (χ1n) is 30.3. The molecule has 1 atom stereocenters. The van der Waals surface area contributed by atoms with E-state index in [1.165, 1.54) is 70.6 Å². The molecule has 0 fully saturated rings. The molecule has 0 bridgehead atoms. The van der Waals surface area contributed by atoms with Crippen molar-refractivity contribution >= 4 is 17.9 Å². The van der Waals surface area contributed by atoms with Crippen LogP contribution in [-0.4, -0.2) is 37.2 Å². The first-order valence-corrected chi connectivity index (χ1v) is 30.3. The second-order valence-electron chi connectivity index (χ2n) is 19.5. The van der Waals surface area contributed by atoms with E-state index in [0.29, 0.717) is 19.3 Å². The van der Waals surface area contributed by atoms with Crippen LogP contribution in [0, 0.1) is 0 Å². The Hall–Kier alpha value is -4.71. The van der Waals surface area contributed by atoms with E-state index >= 15 is 0 Å². The number of esters is 3. The molecule has 0 aliphatic rings. The van der Waals surface area contributed by atoms with Crippen molar-refractivity contribution in [3.63, 3.8) is 0 Å². The lowest BCUT2D eigenvalue weighted by molar-refractivity contribution is -0.167. The predicted molar refractivity (Wildman–Crippen MR) is 325 cm³/mol. The summed E-state index contributed by atoms with van der Waals surface area (Å²) in [5, 5.41) is 0. The summed E-state index contributed by atoms with van der Waals surface area (Å²) in [4.78, 5) is 38.1. The molecule has 0 N–H and O–H groups in total. The Balaban J connectivity index is 4.36. The second kappa shape index (κ2) is 61.8. The largest absolute Gasteiger partial charge is 0.462 e. The summed E-state index contributed by atoms with van der Waals surface area (Å²) in [5.74, 6) is -0.961. The van der Waals surface area contributed by atoms with E-state index in [0.717, 1.165) is 135 Å². The van der Waals surface area contributed by atoms with Crippen molar-refractivity contribution in [3.05, 3.63) is 146 Å². The highest BCUT2D eigenvalue weighted by molar-refractivity contribution is 5.71.